The summed E-state index contributed by atoms with van der Waals surface area (Å²) >= 11 is 0. The molecule has 0 aliphatic heterocycles. The molecule has 24 heavy (non-hydrogen) atoms. The Morgan fingerprint density at radius 1 is 0.625 bits per heavy atom. The van der Waals surface area contributed by atoms with E-state index in [9.17, 15) is 0 Å². The van der Waals surface area contributed by atoms with Crippen LogP contribution in [-0.2, 0) is 0 Å². The summed E-state index contributed by atoms with van der Waals surface area (Å²) in [6.45, 7) is 4.58. The minimum atomic E-state index is 0.907. The predicted octanol–water partition coefficient (Wildman–Crippen LogP) is 8.32. The first kappa shape index (κ1) is 20.1. The van der Waals surface area contributed by atoms with Crippen molar-refractivity contribution >= 4 is 0 Å². The highest BCUT2D eigenvalue weighted by Gasteiger charge is 2.21. The normalized spacial score (nSPS) is 31.6. The second kappa shape index (κ2) is 12.2. The molecule has 0 nitrogen and oxygen atoms in total. The van der Waals surface area contributed by atoms with Crippen LogP contribution in [0.1, 0.15) is 117 Å². The first-order valence-electron chi connectivity index (χ1n) is 11.5. The molecule has 0 heterocycles. The standard InChI is InChI=1S/C24H44/c1-3-5-9-21-13-17-23(18-14-21)11-7-8-12-24-19-15-22(16-20-24)10-6-4-2/h5,9,21-24H,3-4,6-8,10-20H2,1-2H3/b9-5+/t21?,22-,23?,24-. The molecule has 0 atom stereocenters. The van der Waals surface area contributed by atoms with E-state index in [1.54, 1.807) is 25.7 Å². The average molecular weight is 333 g/mol. The summed E-state index contributed by atoms with van der Waals surface area (Å²) < 4.78 is 0. The molecule has 0 bridgehead atoms. The summed E-state index contributed by atoms with van der Waals surface area (Å²) in [6, 6.07) is 0. The van der Waals surface area contributed by atoms with E-state index in [1.807, 2.05) is 0 Å². The van der Waals surface area contributed by atoms with E-state index in [1.165, 1.54) is 77.0 Å². The Hall–Kier alpha value is -0.260. The third-order valence-electron chi connectivity index (χ3n) is 6.94. The van der Waals surface area contributed by atoms with Gasteiger partial charge in [0.2, 0.25) is 0 Å². The second-order valence-corrected chi connectivity index (χ2v) is 8.93. The molecule has 140 valence electrons. The van der Waals surface area contributed by atoms with Crippen LogP contribution in [0.2, 0.25) is 0 Å². The smallest absolute Gasteiger partial charge is 0.0233 e. The van der Waals surface area contributed by atoms with Crippen molar-refractivity contribution < 1.29 is 0 Å². The summed E-state index contributed by atoms with van der Waals surface area (Å²) in [7, 11) is 0. The Kier molecular flexibility index (Phi) is 10.2. The van der Waals surface area contributed by atoms with Gasteiger partial charge in [-0.15, -0.1) is 0 Å². The van der Waals surface area contributed by atoms with Crippen LogP contribution in [0, 0.1) is 23.7 Å². The highest BCUT2D eigenvalue weighted by molar-refractivity contribution is 4.90. The molecule has 2 rings (SSSR count). The molecule has 2 aliphatic rings. The maximum atomic E-state index is 2.49. The monoisotopic (exact) mass is 332 g/mol. The van der Waals surface area contributed by atoms with Gasteiger partial charge < -0.3 is 0 Å². The minimum Gasteiger partial charge on any atom is -0.0885 e. The van der Waals surface area contributed by atoms with Crippen molar-refractivity contribution in [2.24, 2.45) is 23.7 Å². The van der Waals surface area contributed by atoms with Crippen LogP contribution in [0.4, 0.5) is 0 Å². The van der Waals surface area contributed by atoms with E-state index in [2.05, 4.69) is 26.0 Å². The molecule has 2 saturated carbocycles. The van der Waals surface area contributed by atoms with Gasteiger partial charge in [0.05, 0.1) is 0 Å². The molecule has 0 spiro atoms. The fraction of sp³-hybridized carbons (Fsp3) is 0.917. The van der Waals surface area contributed by atoms with E-state index >= 15 is 0 Å². The molecule has 0 aromatic carbocycles. The Morgan fingerprint density at radius 3 is 1.54 bits per heavy atom. The lowest BCUT2D eigenvalue weighted by Gasteiger charge is -2.29. The summed E-state index contributed by atoms with van der Waals surface area (Å²) in [6.07, 6.45) is 28.6. The van der Waals surface area contributed by atoms with Crippen LogP contribution in [0.5, 0.6) is 0 Å². The van der Waals surface area contributed by atoms with Gasteiger partial charge in [-0.3, -0.25) is 0 Å². The molecule has 0 N–H and O–H groups in total. The van der Waals surface area contributed by atoms with Gasteiger partial charge in [-0.25, -0.2) is 0 Å². The number of rotatable bonds is 10. The van der Waals surface area contributed by atoms with E-state index in [0.29, 0.717) is 0 Å². The molecule has 0 saturated heterocycles. The van der Waals surface area contributed by atoms with Crippen LogP contribution in [0.3, 0.4) is 0 Å². The Balaban J connectivity index is 1.47. The van der Waals surface area contributed by atoms with E-state index < -0.39 is 0 Å². The molecular weight excluding hydrogens is 288 g/mol. The fourth-order valence-corrected chi connectivity index (χ4v) is 5.17. The van der Waals surface area contributed by atoms with Crippen LogP contribution >= 0.6 is 0 Å². The van der Waals surface area contributed by atoms with Crippen LogP contribution in [0.15, 0.2) is 12.2 Å². The summed E-state index contributed by atoms with van der Waals surface area (Å²) in [5.74, 6) is 4.13. The first-order chi connectivity index (χ1) is 11.8. The molecular formula is C24H44. The SMILES string of the molecule is CC/C=C/C1CCC(CCCC[C@H]2CC[C@H](CCCC)CC2)CC1. The molecule has 0 heteroatoms. The molecule has 0 amide bonds. The van der Waals surface area contributed by atoms with Gasteiger partial charge in [-0.1, -0.05) is 96.6 Å². The van der Waals surface area contributed by atoms with Crippen molar-refractivity contribution in [1.29, 1.82) is 0 Å². The number of hydrogen-bond acceptors (Lipinski definition) is 0. The maximum absolute atomic E-state index is 2.49. The molecule has 0 aromatic heterocycles. The van der Waals surface area contributed by atoms with Gasteiger partial charge in [0.15, 0.2) is 0 Å². The zero-order valence-corrected chi connectivity index (χ0v) is 16.8. The zero-order chi connectivity index (χ0) is 17.0. The number of hydrogen-bond donors (Lipinski definition) is 0. The van der Waals surface area contributed by atoms with E-state index in [-0.39, 0.29) is 0 Å². The fourth-order valence-electron chi connectivity index (χ4n) is 5.17. The largest absolute Gasteiger partial charge is 0.0885 e. The topological polar surface area (TPSA) is 0 Å². The van der Waals surface area contributed by atoms with Crippen molar-refractivity contribution in [1.82, 2.24) is 0 Å². The average Bonchev–Trinajstić information content (AvgIpc) is 2.64. The highest BCUT2D eigenvalue weighted by atomic mass is 14.3. The lowest BCUT2D eigenvalue weighted by Crippen LogP contribution is -2.15. The lowest BCUT2D eigenvalue weighted by atomic mass is 9.77. The van der Waals surface area contributed by atoms with Gasteiger partial charge in [0.25, 0.3) is 0 Å². The maximum Gasteiger partial charge on any atom is -0.0233 e. The predicted molar refractivity (Wildman–Crippen MR) is 108 cm³/mol. The zero-order valence-electron chi connectivity index (χ0n) is 16.8. The van der Waals surface area contributed by atoms with Crippen LogP contribution < -0.4 is 0 Å². The van der Waals surface area contributed by atoms with E-state index in [0.717, 1.165) is 23.7 Å². The Bertz CT molecular complexity index is 313. The molecule has 0 unspecified atom stereocenters. The van der Waals surface area contributed by atoms with E-state index in [4.69, 9.17) is 0 Å². The third kappa shape index (κ3) is 7.75. The third-order valence-corrected chi connectivity index (χ3v) is 6.94. The van der Waals surface area contributed by atoms with Gasteiger partial charge >= 0.3 is 0 Å². The number of allylic oxidation sites excluding steroid dienone is 2. The second-order valence-electron chi connectivity index (χ2n) is 8.93. The van der Waals surface area contributed by atoms with Crippen molar-refractivity contribution in [2.75, 3.05) is 0 Å². The Labute approximate surface area is 152 Å². The van der Waals surface area contributed by atoms with Crippen molar-refractivity contribution in [2.45, 2.75) is 117 Å². The molecule has 0 aromatic rings. The summed E-state index contributed by atoms with van der Waals surface area (Å²) in [5, 5.41) is 0. The van der Waals surface area contributed by atoms with Crippen LogP contribution in [-0.4, -0.2) is 0 Å². The molecule has 0 radical (unpaired) electrons. The van der Waals surface area contributed by atoms with Gasteiger partial charge in [0.1, 0.15) is 0 Å². The van der Waals surface area contributed by atoms with Crippen LogP contribution in [0.25, 0.3) is 0 Å². The van der Waals surface area contributed by atoms with Crippen molar-refractivity contribution in [3.8, 4) is 0 Å². The molecule has 2 aliphatic carbocycles. The minimum absolute atomic E-state index is 0.907. The van der Waals surface area contributed by atoms with Gasteiger partial charge in [-0.05, 0) is 55.8 Å². The van der Waals surface area contributed by atoms with Crippen molar-refractivity contribution in [3.63, 3.8) is 0 Å². The lowest BCUT2D eigenvalue weighted by molar-refractivity contribution is 0.240. The quantitative estimate of drug-likeness (QED) is 0.278. The van der Waals surface area contributed by atoms with Crippen molar-refractivity contribution in [3.05, 3.63) is 12.2 Å². The Morgan fingerprint density at radius 2 is 1.08 bits per heavy atom. The number of unbranched alkanes of at least 4 members (excludes halogenated alkanes) is 2. The first-order valence-corrected chi connectivity index (χ1v) is 11.5. The highest BCUT2D eigenvalue weighted by Crippen LogP contribution is 2.36. The molecule has 2 fully saturated rings. The van der Waals surface area contributed by atoms with Gasteiger partial charge in [0, 0.05) is 0 Å². The summed E-state index contributed by atoms with van der Waals surface area (Å²) in [4.78, 5) is 0. The summed E-state index contributed by atoms with van der Waals surface area (Å²) in [5.41, 5.74) is 0. The van der Waals surface area contributed by atoms with Gasteiger partial charge in [-0.2, -0.15) is 0 Å².